The molecule has 0 fully saturated rings. The van der Waals surface area contributed by atoms with Crippen LogP contribution in [0, 0.1) is 11.3 Å². The van der Waals surface area contributed by atoms with Gasteiger partial charge in [0.05, 0.1) is 6.54 Å². The van der Waals surface area contributed by atoms with Gasteiger partial charge in [-0.2, -0.15) is 5.26 Å². The summed E-state index contributed by atoms with van der Waals surface area (Å²) in [6.07, 6.45) is 5.09. The van der Waals surface area contributed by atoms with Crippen molar-refractivity contribution in [3.8, 4) is 6.07 Å². The molecule has 0 aromatic heterocycles. The molecule has 0 N–H and O–H groups in total. The minimum Gasteiger partial charge on any atom is -0.464 e. The van der Waals surface area contributed by atoms with Gasteiger partial charge < -0.3 is 4.74 Å². The summed E-state index contributed by atoms with van der Waals surface area (Å²) in [5, 5.41) is 9.27. The summed E-state index contributed by atoms with van der Waals surface area (Å²) in [6, 6.07) is 11.4. The third-order valence-corrected chi connectivity index (χ3v) is 3.80. The van der Waals surface area contributed by atoms with Crippen molar-refractivity contribution in [3.63, 3.8) is 0 Å². The minimum atomic E-state index is -0.675. The SMILES string of the molecule is CC(=O)OCCN1C(=O)C(C#N)=C(C)/C(=C/C=C/c2ccccc2)C1=O. The Morgan fingerprint density at radius 3 is 2.54 bits per heavy atom. The number of esters is 1. The van der Waals surface area contributed by atoms with Crippen LogP contribution in [0.4, 0.5) is 0 Å². The summed E-state index contributed by atoms with van der Waals surface area (Å²) in [7, 11) is 0. The van der Waals surface area contributed by atoms with E-state index in [0.29, 0.717) is 5.57 Å². The standard InChI is InChI=1S/C20H18N2O4/c1-14-17(10-6-9-16-7-4-3-5-8-16)19(24)22(11-12-26-15(2)23)20(25)18(14)13-21/h3-10H,11-12H2,1-2H3/b9-6+,17-10-. The van der Waals surface area contributed by atoms with E-state index in [2.05, 4.69) is 0 Å². The summed E-state index contributed by atoms with van der Waals surface area (Å²) in [5.74, 6) is -1.70. The maximum atomic E-state index is 12.6. The van der Waals surface area contributed by atoms with Crippen molar-refractivity contribution < 1.29 is 19.1 Å². The zero-order chi connectivity index (χ0) is 19.1. The number of imide groups is 1. The van der Waals surface area contributed by atoms with Crippen LogP contribution in [0.1, 0.15) is 19.4 Å². The van der Waals surface area contributed by atoms with Gasteiger partial charge in [0.15, 0.2) is 0 Å². The highest BCUT2D eigenvalue weighted by atomic mass is 16.5. The predicted octanol–water partition coefficient (Wildman–Crippen LogP) is 2.40. The molecule has 2 amide bonds. The van der Waals surface area contributed by atoms with Gasteiger partial charge in [0.25, 0.3) is 11.8 Å². The molecule has 1 aromatic rings. The molecule has 1 aliphatic rings. The van der Waals surface area contributed by atoms with Crippen LogP contribution >= 0.6 is 0 Å². The summed E-state index contributed by atoms with van der Waals surface area (Å²) < 4.78 is 4.79. The van der Waals surface area contributed by atoms with Crippen molar-refractivity contribution >= 4 is 23.9 Å². The average molecular weight is 350 g/mol. The lowest BCUT2D eigenvalue weighted by molar-refractivity contribution is -0.147. The number of amides is 2. The van der Waals surface area contributed by atoms with Crippen molar-refractivity contribution in [1.82, 2.24) is 4.90 Å². The van der Waals surface area contributed by atoms with E-state index in [1.54, 1.807) is 19.1 Å². The van der Waals surface area contributed by atoms with Gasteiger partial charge in [-0.05, 0) is 24.1 Å². The van der Waals surface area contributed by atoms with E-state index in [1.807, 2.05) is 42.5 Å². The lowest BCUT2D eigenvalue weighted by Gasteiger charge is -2.27. The van der Waals surface area contributed by atoms with E-state index in [1.165, 1.54) is 6.92 Å². The molecule has 0 atom stereocenters. The van der Waals surface area contributed by atoms with Gasteiger partial charge in [-0.1, -0.05) is 42.5 Å². The molecule has 6 nitrogen and oxygen atoms in total. The number of allylic oxidation sites excluding steroid dienone is 2. The van der Waals surface area contributed by atoms with Crippen LogP contribution < -0.4 is 0 Å². The molecule has 1 heterocycles. The van der Waals surface area contributed by atoms with E-state index in [9.17, 15) is 19.6 Å². The molecule has 0 radical (unpaired) electrons. The van der Waals surface area contributed by atoms with Gasteiger partial charge in [-0.3, -0.25) is 19.3 Å². The van der Waals surface area contributed by atoms with Gasteiger partial charge in [0.2, 0.25) is 0 Å². The first-order valence-corrected chi connectivity index (χ1v) is 8.00. The Balaban J connectivity index is 2.30. The van der Waals surface area contributed by atoms with Gasteiger partial charge in [0.1, 0.15) is 18.2 Å². The number of nitriles is 1. The van der Waals surface area contributed by atoms with E-state index in [-0.39, 0.29) is 24.3 Å². The molecule has 26 heavy (non-hydrogen) atoms. The third kappa shape index (κ3) is 4.33. The Morgan fingerprint density at radius 1 is 1.23 bits per heavy atom. The Bertz CT molecular complexity index is 858. The first-order chi connectivity index (χ1) is 12.5. The second-order valence-corrected chi connectivity index (χ2v) is 5.56. The molecule has 0 saturated carbocycles. The van der Waals surface area contributed by atoms with Crippen molar-refractivity contribution in [2.24, 2.45) is 0 Å². The second kappa shape index (κ2) is 8.58. The number of rotatable bonds is 5. The Kier molecular flexibility index (Phi) is 6.23. The molecule has 1 aromatic carbocycles. The molecule has 132 valence electrons. The second-order valence-electron chi connectivity index (χ2n) is 5.56. The zero-order valence-corrected chi connectivity index (χ0v) is 14.6. The summed E-state index contributed by atoms with van der Waals surface area (Å²) in [5.41, 5.74) is 1.46. The van der Waals surface area contributed by atoms with Crippen LogP contribution in [0.25, 0.3) is 6.08 Å². The van der Waals surface area contributed by atoms with Gasteiger partial charge in [-0.15, -0.1) is 0 Å². The highest BCUT2D eigenvalue weighted by Gasteiger charge is 2.34. The van der Waals surface area contributed by atoms with E-state index in [0.717, 1.165) is 10.5 Å². The summed E-state index contributed by atoms with van der Waals surface area (Å²) in [4.78, 5) is 36.8. The number of carbonyl (C=O) groups is 3. The van der Waals surface area contributed by atoms with Crippen molar-refractivity contribution in [2.45, 2.75) is 13.8 Å². The van der Waals surface area contributed by atoms with Crippen LogP contribution in [0.2, 0.25) is 0 Å². The normalized spacial score (nSPS) is 16.3. The first-order valence-electron chi connectivity index (χ1n) is 8.00. The molecular weight excluding hydrogens is 332 g/mol. The molecule has 0 aliphatic carbocycles. The van der Waals surface area contributed by atoms with E-state index in [4.69, 9.17) is 4.74 Å². The van der Waals surface area contributed by atoms with Crippen LogP contribution in [-0.4, -0.2) is 35.8 Å². The fraction of sp³-hybridized carbons (Fsp3) is 0.200. The Labute approximate surface area is 151 Å². The molecule has 1 aliphatic heterocycles. The topological polar surface area (TPSA) is 87.5 Å². The number of nitrogens with zero attached hydrogens (tertiary/aromatic N) is 2. The van der Waals surface area contributed by atoms with Crippen LogP contribution in [0.3, 0.4) is 0 Å². The molecule has 0 bridgehead atoms. The monoisotopic (exact) mass is 350 g/mol. The minimum absolute atomic E-state index is 0.0909. The largest absolute Gasteiger partial charge is 0.464 e. The van der Waals surface area contributed by atoms with Crippen molar-refractivity contribution in [1.29, 1.82) is 5.26 Å². The predicted molar refractivity (Wildman–Crippen MR) is 95.2 cm³/mol. The highest BCUT2D eigenvalue weighted by molar-refractivity contribution is 6.18. The van der Waals surface area contributed by atoms with Crippen molar-refractivity contribution in [2.75, 3.05) is 13.2 Å². The van der Waals surface area contributed by atoms with Gasteiger partial charge >= 0.3 is 5.97 Å². The number of hydrogen-bond donors (Lipinski definition) is 0. The van der Waals surface area contributed by atoms with Crippen molar-refractivity contribution in [3.05, 3.63) is 64.8 Å². The van der Waals surface area contributed by atoms with Crippen LogP contribution in [0.15, 0.2) is 59.2 Å². The molecule has 0 unspecified atom stereocenters. The molecular formula is C20H18N2O4. The fourth-order valence-corrected chi connectivity index (χ4v) is 2.46. The van der Waals surface area contributed by atoms with Gasteiger partial charge in [0, 0.05) is 12.5 Å². The smallest absolute Gasteiger partial charge is 0.302 e. The number of carbonyl (C=O) groups excluding carboxylic acids is 3. The molecule has 0 saturated heterocycles. The molecule has 6 heteroatoms. The van der Waals surface area contributed by atoms with Gasteiger partial charge in [-0.25, -0.2) is 0 Å². The lowest BCUT2D eigenvalue weighted by Crippen LogP contribution is -2.44. The molecule has 0 spiro atoms. The number of ether oxygens (including phenoxy) is 1. The summed E-state index contributed by atoms with van der Waals surface area (Å²) >= 11 is 0. The maximum Gasteiger partial charge on any atom is 0.302 e. The summed E-state index contributed by atoms with van der Waals surface area (Å²) in [6.45, 7) is 2.59. The average Bonchev–Trinajstić information content (AvgIpc) is 2.62. The lowest BCUT2D eigenvalue weighted by atomic mass is 9.95. The quantitative estimate of drug-likeness (QED) is 0.462. The zero-order valence-electron chi connectivity index (χ0n) is 14.6. The van der Waals surface area contributed by atoms with Crippen LogP contribution in [0.5, 0.6) is 0 Å². The van der Waals surface area contributed by atoms with E-state index < -0.39 is 17.8 Å². The number of benzene rings is 1. The fourth-order valence-electron chi connectivity index (χ4n) is 2.46. The van der Waals surface area contributed by atoms with E-state index >= 15 is 0 Å². The maximum absolute atomic E-state index is 12.6. The Morgan fingerprint density at radius 2 is 1.92 bits per heavy atom. The highest BCUT2D eigenvalue weighted by Crippen LogP contribution is 2.25. The third-order valence-electron chi connectivity index (χ3n) is 3.80. The first kappa shape index (κ1) is 18.9. The number of hydrogen-bond acceptors (Lipinski definition) is 5. The molecule has 2 rings (SSSR count). The van der Waals surface area contributed by atoms with Crippen LogP contribution in [-0.2, 0) is 19.1 Å². The Hall–Kier alpha value is -3.46.